The topological polar surface area (TPSA) is 67.9 Å². The highest BCUT2D eigenvalue weighted by Crippen LogP contribution is 2.49. The first-order valence-electron chi connectivity index (χ1n) is 13.7. The predicted molar refractivity (Wildman–Crippen MR) is 159 cm³/mol. The van der Waals surface area contributed by atoms with Crippen molar-refractivity contribution in [1.29, 1.82) is 0 Å². The first kappa shape index (κ1) is 28.7. The Hall–Kier alpha value is -3.84. The smallest absolute Gasteiger partial charge is 0.410 e. The Morgan fingerprint density at radius 2 is 1.88 bits per heavy atom. The number of likely N-dealkylation sites (tertiary alicyclic amines) is 1. The van der Waals surface area contributed by atoms with Crippen LogP contribution in [0.15, 0.2) is 66.7 Å². The van der Waals surface area contributed by atoms with E-state index >= 15 is 0 Å². The number of ether oxygens (including phenoxy) is 2. The summed E-state index contributed by atoms with van der Waals surface area (Å²) in [5.74, 6) is 0.192. The van der Waals surface area contributed by atoms with Gasteiger partial charge in [0.15, 0.2) is 0 Å². The van der Waals surface area contributed by atoms with Crippen LogP contribution in [0.5, 0.6) is 5.75 Å². The van der Waals surface area contributed by atoms with Crippen LogP contribution in [0.4, 0.5) is 14.9 Å². The van der Waals surface area contributed by atoms with Crippen LogP contribution < -0.4 is 10.1 Å². The Bertz CT molecular complexity index is 1500. The van der Waals surface area contributed by atoms with Crippen LogP contribution in [-0.2, 0) is 21.4 Å². The third-order valence-electron chi connectivity index (χ3n) is 7.64. The van der Waals surface area contributed by atoms with Gasteiger partial charge in [-0.2, -0.15) is 0 Å². The van der Waals surface area contributed by atoms with Crippen molar-refractivity contribution >= 4 is 35.2 Å². The maximum absolute atomic E-state index is 14.0. The number of nitrogens with one attached hydrogen (secondary N) is 1. The summed E-state index contributed by atoms with van der Waals surface area (Å²) in [7, 11) is 1.59. The van der Waals surface area contributed by atoms with E-state index in [0.717, 1.165) is 35.1 Å². The highest BCUT2D eigenvalue weighted by Gasteiger charge is 2.43. The fraction of sp³-hybridized carbons (Fsp3) is 0.333. The Kier molecular flexibility index (Phi) is 7.84. The zero-order valence-electron chi connectivity index (χ0n) is 23.7. The molecule has 0 unspecified atom stereocenters. The lowest BCUT2D eigenvalue weighted by Crippen LogP contribution is -2.36. The van der Waals surface area contributed by atoms with Crippen LogP contribution in [0.3, 0.4) is 0 Å². The van der Waals surface area contributed by atoms with Crippen molar-refractivity contribution in [3.63, 3.8) is 0 Å². The second-order valence-corrected chi connectivity index (χ2v) is 11.9. The van der Waals surface area contributed by atoms with E-state index in [-0.39, 0.29) is 17.2 Å². The molecule has 0 aromatic heterocycles. The summed E-state index contributed by atoms with van der Waals surface area (Å²) in [4.78, 5) is 27.5. The first-order valence-corrected chi connectivity index (χ1v) is 14.1. The van der Waals surface area contributed by atoms with Gasteiger partial charge < -0.3 is 24.5 Å². The number of rotatable bonds is 6. The molecule has 0 spiro atoms. The SMILES string of the molecule is COc1ccc2c(c1)[C@@](C=O)(c1ccc(N[C@H]3CCN(C(=O)OC(C)(C)C)C3)cc1)C(c1ccc(F)cc1Cl)=CC2. The minimum atomic E-state index is -1.19. The molecule has 3 aromatic carbocycles. The number of aldehydes is 1. The van der Waals surface area contributed by atoms with E-state index in [0.29, 0.717) is 36.4 Å². The summed E-state index contributed by atoms with van der Waals surface area (Å²) in [6, 6.07) is 17.8. The molecule has 1 N–H and O–H groups in total. The number of benzene rings is 3. The summed E-state index contributed by atoms with van der Waals surface area (Å²) < 4.78 is 25.0. The minimum absolute atomic E-state index is 0.0709. The van der Waals surface area contributed by atoms with Crippen molar-refractivity contribution in [3.05, 3.63) is 99.8 Å². The number of carbonyl (C=O) groups excluding carboxylic acids is 2. The summed E-state index contributed by atoms with van der Waals surface area (Å²) >= 11 is 6.54. The number of hydrogen-bond acceptors (Lipinski definition) is 5. The van der Waals surface area contributed by atoms with E-state index < -0.39 is 16.8 Å². The van der Waals surface area contributed by atoms with Gasteiger partial charge in [-0.3, -0.25) is 0 Å². The van der Waals surface area contributed by atoms with E-state index in [2.05, 4.69) is 5.32 Å². The number of methoxy groups -OCH3 is 1. The van der Waals surface area contributed by atoms with Crippen LogP contribution in [0.2, 0.25) is 5.02 Å². The first-order chi connectivity index (χ1) is 19.5. The lowest BCUT2D eigenvalue weighted by Gasteiger charge is -2.37. The molecule has 41 heavy (non-hydrogen) atoms. The summed E-state index contributed by atoms with van der Waals surface area (Å²) in [6.45, 7) is 6.73. The van der Waals surface area contributed by atoms with Crippen LogP contribution in [0, 0.1) is 5.82 Å². The van der Waals surface area contributed by atoms with Crippen LogP contribution in [-0.4, -0.2) is 49.1 Å². The second-order valence-electron chi connectivity index (χ2n) is 11.5. The molecule has 1 aliphatic carbocycles. The Morgan fingerprint density at radius 1 is 1.12 bits per heavy atom. The van der Waals surface area contributed by atoms with Gasteiger partial charge in [-0.25, -0.2) is 9.18 Å². The average Bonchev–Trinajstić information content (AvgIpc) is 3.41. The number of carbonyl (C=O) groups is 2. The average molecular weight is 577 g/mol. The number of fused-ring (bicyclic) bond motifs is 1. The molecule has 0 radical (unpaired) electrons. The van der Waals surface area contributed by atoms with Gasteiger partial charge in [0.1, 0.15) is 28.9 Å². The Morgan fingerprint density at radius 3 is 2.54 bits per heavy atom. The number of anilines is 1. The van der Waals surface area contributed by atoms with Gasteiger partial charge >= 0.3 is 6.09 Å². The molecule has 3 aromatic rings. The van der Waals surface area contributed by atoms with E-state index in [1.165, 1.54) is 12.1 Å². The molecule has 1 amide bonds. The molecular weight excluding hydrogens is 543 g/mol. The van der Waals surface area contributed by atoms with Crippen molar-refractivity contribution in [2.45, 2.75) is 50.7 Å². The van der Waals surface area contributed by atoms with Crippen LogP contribution in [0.1, 0.15) is 49.4 Å². The third-order valence-corrected chi connectivity index (χ3v) is 7.95. The van der Waals surface area contributed by atoms with Gasteiger partial charge in [-0.15, -0.1) is 0 Å². The van der Waals surface area contributed by atoms with Gasteiger partial charge in [0.25, 0.3) is 0 Å². The minimum Gasteiger partial charge on any atom is -0.497 e. The molecule has 1 saturated heterocycles. The van der Waals surface area contributed by atoms with E-state index in [9.17, 15) is 14.0 Å². The zero-order valence-corrected chi connectivity index (χ0v) is 24.4. The molecule has 1 fully saturated rings. The fourth-order valence-electron chi connectivity index (χ4n) is 5.72. The highest BCUT2D eigenvalue weighted by molar-refractivity contribution is 6.32. The quantitative estimate of drug-likeness (QED) is 0.319. The molecule has 2 aliphatic rings. The molecule has 1 heterocycles. The van der Waals surface area contributed by atoms with Gasteiger partial charge in [0.2, 0.25) is 0 Å². The monoisotopic (exact) mass is 576 g/mol. The van der Waals surface area contributed by atoms with Crippen molar-refractivity contribution < 1.29 is 23.5 Å². The zero-order chi connectivity index (χ0) is 29.4. The molecule has 5 rings (SSSR count). The molecular formula is C33H34ClFN2O4. The summed E-state index contributed by atoms with van der Waals surface area (Å²) in [6.07, 6.45) is 4.01. The van der Waals surface area contributed by atoms with Crippen molar-refractivity contribution in [2.24, 2.45) is 0 Å². The van der Waals surface area contributed by atoms with Crippen molar-refractivity contribution in [1.82, 2.24) is 4.90 Å². The number of nitrogens with zero attached hydrogens (tertiary/aromatic N) is 1. The van der Waals surface area contributed by atoms with Crippen molar-refractivity contribution in [2.75, 3.05) is 25.5 Å². The lowest BCUT2D eigenvalue weighted by atomic mass is 9.64. The number of amides is 1. The highest BCUT2D eigenvalue weighted by atomic mass is 35.5. The molecule has 6 nitrogen and oxygen atoms in total. The Labute approximate surface area is 245 Å². The maximum Gasteiger partial charge on any atom is 0.410 e. The third kappa shape index (κ3) is 5.68. The fourth-order valence-corrected chi connectivity index (χ4v) is 5.99. The summed E-state index contributed by atoms with van der Waals surface area (Å²) in [5, 5.41) is 3.75. The molecule has 0 bridgehead atoms. The molecule has 0 saturated carbocycles. The van der Waals surface area contributed by atoms with Gasteiger partial charge in [-0.05, 0) is 97.8 Å². The summed E-state index contributed by atoms with van der Waals surface area (Å²) in [5.41, 5.74) is 2.98. The van der Waals surface area contributed by atoms with Gasteiger partial charge in [0.05, 0.1) is 12.1 Å². The van der Waals surface area contributed by atoms with Crippen LogP contribution >= 0.6 is 11.6 Å². The van der Waals surface area contributed by atoms with Gasteiger partial charge in [-0.1, -0.05) is 41.9 Å². The molecule has 214 valence electrons. The lowest BCUT2D eigenvalue weighted by molar-refractivity contribution is -0.110. The maximum atomic E-state index is 14.0. The number of halogens is 2. The van der Waals surface area contributed by atoms with E-state index in [1.54, 1.807) is 18.1 Å². The number of hydrogen-bond donors (Lipinski definition) is 1. The largest absolute Gasteiger partial charge is 0.497 e. The van der Waals surface area contributed by atoms with Crippen LogP contribution in [0.25, 0.3) is 5.57 Å². The molecule has 8 heteroatoms. The van der Waals surface area contributed by atoms with E-state index in [4.69, 9.17) is 21.1 Å². The second kappa shape index (κ2) is 11.2. The molecule has 2 atom stereocenters. The normalized spacial score (nSPS) is 20.2. The standard InChI is InChI=1S/C33H34ClFN2O4/c1-32(2,3)41-31(39)37-16-15-25(19-37)36-24-10-7-22(8-11-24)33(20-38)28(27-13-9-23(35)17-30(27)34)14-6-21-5-12-26(40-4)18-29(21)33/h5,7-14,17-18,20,25,36H,6,15-16,19H2,1-4H3/t25-,33-/m0/s1. The predicted octanol–water partition coefficient (Wildman–Crippen LogP) is 7.03. The Balaban J connectivity index is 1.47. The van der Waals surface area contributed by atoms with Gasteiger partial charge in [0, 0.05) is 24.8 Å². The van der Waals surface area contributed by atoms with E-state index in [1.807, 2.05) is 69.3 Å². The van der Waals surface area contributed by atoms with Crippen molar-refractivity contribution in [3.8, 4) is 5.75 Å². The molecule has 1 aliphatic heterocycles. The number of allylic oxidation sites excluding steroid dienone is 2.